The molecule has 0 radical (unpaired) electrons. The molecular weight excluding hydrogens is 248 g/mol. The van der Waals surface area contributed by atoms with Gasteiger partial charge in [0.2, 0.25) is 5.91 Å². The molecule has 4 nitrogen and oxygen atoms in total. The molecule has 0 spiro atoms. The molecule has 0 bridgehead atoms. The Hall–Kier alpha value is -0.420. The summed E-state index contributed by atoms with van der Waals surface area (Å²) in [6.07, 6.45) is 3.38. The summed E-state index contributed by atoms with van der Waals surface area (Å²) in [5, 5.41) is 3.17. The van der Waals surface area contributed by atoms with Gasteiger partial charge in [-0.1, -0.05) is 13.8 Å². The topological polar surface area (TPSA) is 49.4 Å². The van der Waals surface area contributed by atoms with E-state index in [-0.39, 0.29) is 17.7 Å². The Morgan fingerprint density at radius 1 is 1.28 bits per heavy atom. The van der Waals surface area contributed by atoms with Crippen LogP contribution in [0.25, 0.3) is 0 Å². The number of likely N-dealkylation sites (tertiary alicyclic amines) is 1. The Morgan fingerprint density at radius 3 is 2.39 bits per heavy atom. The molecule has 18 heavy (non-hydrogen) atoms. The third kappa shape index (κ3) is 5.06. The van der Waals surface area contributed by atoms with Gasteiger partial charge in [0.1, 0.15) is 5.75 Å². The highest BCUT2D eigenvalue weighted by Crippen LogP contribution is 2.10. The molecule has 0 aromatic rings. The summed E-state index contributed by atoms with van der Waals surface area (Å²) in [5.41, 5.74) is 0. The molecule has 1 saturated heterocycles. The molecule has 0 aliphatic carbocycles. The molecule has 0 aromatic heterocycles. The van der Waals surface area contributed by atoms with Crippen LogP contribution in [0.15, 0.2) is 0 Å². The lowest BCUT2D eigenvalue weighted by Gasteiger charge is -2.27. The SMILES string of the molecule is CNC(CS(=O)CC(=O)N1CCCCC1)C(C)C. The van der Waals surface area contributed by atoms with Gasteiger partial charge in [-0.15, -0.1) is 0 Å². The van der Waals surface area contributed by atoms with E-state index in [0.29, 0.717) is 11.7 Å². The van der Waals surface area contributed by atoms with E-state index >= 15 is 0 Å². The summed E-state index contributed by atoms with van der Waals surface area (Å²) in [7, 11) is 0.827. The summed E-state index contributed by atoms with van der Waals surface area (Å²) in [4.78, 5) is 13.8. The van der Waals surface area contributed by atoms with Gasteiger partial charge in [-0.2, -0.15) is 0 Å². The van der Waals surface area contributed by atoms with Crippen molar-refractivity contribution in [2.24, 2.45) is 5.92 Å². The van der Waals surface area contributed by atoms with E-state index in [1.807, 2.05) is 11.9 Å². The fourth-order valence-corrected chi connectivity index (χ4v) is 3.77. The number of carbonyl (C=O) groups excluding carboxylic acids is 1. The number of nitrogens with zero attached hydrogens (tertiary/aromatic N) is 1. The lowest BCUT2D eigenvalue weighted by atomic mass is 10.1. The Bertz CT molecular complexity index is 289. The van der Waals surface area contributed by atoms with Gasteiger partial charge in [-0.3, -0.25) is 9.00 Å². The molecule has 1 aliphatic heterocycles. The van der Waals surface area contributed by atoms with Crippen LogP contribution in [0, 0.1) is 5.92 Å². The Balaban J connectivity index is 2.36. The van der Waals surface area contributed by atoms with Crippen molar-refractivity contribution in [3.05, 3.63) is 0 Å². The van der Waals surface area contributed by atoms with Crippen molar-refractivity contribution in [2.45, 2.75) is 39.2 Å². The second-order valence-electron chi connectivity index (χ2n) is 5.33. The van der Waals surface area contributed by atoms with Crippen LogP contribution in [0.1, 0.15) is 33.1 Å². The summed E-state index contributed by atoms with van der Waals surface area (Å²) in [6, 6.07) is 0.222. The molecule has 2 atom stereocenters. The van der Waals surface area contributed by atoms with E-state index in [9.17, 15) is 9.00 Å². The van der Waals surface area contributed by atoms with Crippen molar-refractivity contribution in [3.8, 4) is 0 Å². The molecule has 0 aromatic carbocycles. The van der Waals surface area contributed by atoms with Crippen LogP contribution >= 0.6 is 0 Å². The summed E-state index contributed by atoms with van der Waals surface area (Å²) >= 11 is 0. The minimum absolute atomic E-state index is 0.0617. The third-order valence-electron chi connectivity index (χ3n) is 3.53. The zero-order valence-electron chi connectivity index (χ0n) is 11.8. The molecule has 2 unspecified atom stereocenters. The van der Waals surface area contributed by atoms with Gasteiger partial charge >= 0.3 is 0 Å². The van der Waals surface area contributed by atoms with Crippen LogP contribution in [-0.4, -0.2) is 52.7 Å². The molecule has 1 heterocycles. The number of nitrogens with one attached hydrogen (secondary N) is 1. The molecule has 1 N–H and O–H groups in total. The Labute approximate surface area is 113 Å². The van der Waals surface area contributed by atoms with Gasteiger partial charge in [-0.25, -0.2) is 0 Å². The second kappa shape index (κ2) is 7.89. The van der Waals surface area contributed by atoms with E-state index in [0.717, 1.165) is 25.9 Å². The fraction of sp³-hybridized carbons (Fsp3) is 0.923. The van der Waals surface area contributed by atoms with Crippen molar-refractivity contribution in [3.63, 3.8) is 0 Å². The molecular formula is C13H26N2O2S. The van der Waals surface area contributed by atoms with Crippen LogP contribution in [0.4, 0.5) is 0 Å². The minimum Gasteiger partial charge on any atom is -0.342 e. The Morgan fingerprint density at radius 2 is 1.89 bits per heavy atom. The molecule has 0 saturated carbocycles. The largest absolute Gasteiger partial charge is 0.342 e. The van der Waals surface area contributed by atoms with Gasteiger partial charge < -0.3 is 10.2 Å². The Kier molecular flexibility index (Phi) is 6.86. The van der Waals surface area contributed by atoms with Gasteiger partial charge in [0, 0.05) is 35.7 Å². The van der Waals surface area contributed by atoms with Crippen molar-refractivity contribution >= 4 is 16.7 Å². The first kappa shape index (κ1) is 15.6. The lowest BCUT2D eigenvalue weighted by Crippen LogP contribution is -2.41. The van der Waals surface area contributed by atoms with Gasteiger partial charge in [0.15, 0.2) is 0 Å². The van der Waals surface area contributed by atoms with Crippen LogP contribution in [0.5, 0.6) is 0 Å². The van der Waals surface area contributed by atoms with Gasteiger partial charge in [0.05, 0.1) is 0 Å². The molecule has 106 valence electrons. The first-order valence-corrected chi connectivity index (χ1v) is 8.33. The first-order chi connectivity index (χ1) is 8.54. The maximum absolute atomic E-state index is 12.0. The van der Waals surface area contributed by atoms with Crippen LogP contribution < -0.4 is 5.32 Å². The monoisotopic (exact) mass is 274 g/mol. The van der Waals surface area contributed by atoms with E-state index in [1.54, 1.807) is 0 Å². The summed E-state index contributed by atoms with van der Waals surface area (Å²) in [6.45, 7) is 5.89. The highest BCUT2D eigenvalue weighted by Gasteiger charge is 2.21. The third-order valence-corrected chi connectivity index (χ3v) is 4.83. The molecule has 1 amide bonds. The maximum atomic E-state index is 12.0. The molecule has 1 fully saturated rings. The fourth-order valence-electron chi connectivity index (χ4n) is 2.24. The zero-order valence-corrected chi connectivity index (χ0v) is 12.6. The number of rotatable bonds is 6. The summed E-state index contributed by atoms with van der Waals surface area (Å²) < 4.78 is 12.0. The average Bonchev–Trinajstić information content (AvgIpc) is 2.36. The summed E-state index contributed by atoms with van der Waals surface area (Å²) in [5.74, 6) is 1.24. The number of amides is 1. The highest BCUT2D eigenvalue weighted by molar-refractivity contribution is 7.85. The van der Waals surface area contributed by atoms with E-state index in [1.165, 1.54) is 6.42 Å². The second-order valence-corrected chi connectivity index (χ2v) is 6.83. The lowest BCUT2D eigenvalue weighted by molar-refractivity contribution is -0.129. The van der Waals surface area contributed by atoms with Gasteiger partial charge in [-0.05, 0) is 32.2 Å². The number of carbonyl (C=O) groups is 1. The van der Waals surface area contributed by atoms with E-state index in [4.69, 9.17) is 0 Å². The van der Waals surface area contributed by atoms with Crippen LogP contribution in [0.3, 0.4) is 0 Å². The number of piperidine rings is 1. The predicted octanol–water partition coefficient (Wildman–Crippen LogP) is 0.992. The molecule has 1 aliphatic rings. The molecule has 1 rings (SSSR count). The van der Waals surface area contributed by atoms with Crippen molar-refractivity contribution < 1.29 is 9.00 Å². The predicted molar refractivity (Wildman–Crippen MR) is 76.0 cm³/mol. The standard InChI is InChI=1S/C13H26N2O2S/c1-11(2)12(14-3)9-18(17)10-13(16)15-7-5-4-6-8-15/h11-12,14H,4-10H2,1-3H3. The highest BCUT2D eigenvalue weighted by atomic mass is 32.2. The van der Waals surface area contributed by atoms with Crippen LogP contribution in [0.2, 0.25) is 0 Å². The number of hydrogen-bond donors (Lipinski definition) is 1. The van der Waals surface area contributed by atoms with Crippen LogP contribution in [-0.2, 0) is 15.6 Å². The van der Waals surface area contributed by atoms with Crippen molar-refractivity contribution in [1.82, 2.24) is 10.2 Å². The van der Waals surface area contributed by atoms with E-state index in [2.05, 4.69) is 19.2 Å². The normalized spacial score (nSPS) is 19.9. The van der Waals surface area contributed by atoms with Crippen molar-refractivity contribution in [2.75, 3.05) is 31.6 Å². The first-order valence-electron chi connectivity index (χ1n) is 6.84. The smallest absolute Gasteiger partial charge is 0.235 e. The number of hydrogen-bond acceptors (Lipinski definition) is 3. The quantitative estimate of drug-likeness (QED) is 0.786. The minimum atomic E-state index is -1.06. The maximum Gasteiger partial charge on any atom is 0.235 e. The zero-order chi connectivity index (χ0) is 13.5. The molecule has 5 heteroatoms. The van der Waals surface area contributed by atoms with Gasteiger partial charge in [0.25, 0.3) is 0 Å². The van der Waals surface area contributed by atoms with E-state index < -0.39 is 10.8 Å². The van der Waals surface area contributed by atoms with Crippen molar-refractivity contribution in [1.29, 1.82) is 0 Å². The average molecular weight is 274 g/mol.